The van der Waals surface area contributed by atoms with Crippen molar-refractivity contribution >= 4 is 23.9 Å². The van der Waals surface area contributed by atoms with Crippen LogP contribution in [0.15, 0.2) is 67.3 Å². The molecule has 2 unspecified atom stereocenters. The van der Waals surface area contributed by atoms with Crippen molar-refractivity contribution in [2.24, 2.45) is 0 Å². The molecule has 0 spiro atoms. The molecule has 0 aliphatic rings. The number of esters is 1. The van der Waals surface area contributed by atoms with Gasteiger partial charge >= 0.3 is 12.1 Å². The number of phenolic OH excluding ortho intramolecular Hbond substituents is 1. The van der Waals surface area contributed by atoms with Crippen molar-refractivity contribution in [3.8, 4) is 5.75 Å². The van der Waals surface area contributed by atoms with E-state index in [9.17, 15) is 24.3 Å². The Morgan fingerprint density at radius 2 is 1.51 bits per heavy atom. The molecule has 0 fully saturated rings. The molecule has 0 saturated heterocycles. The Balaban J connectivity index is 2.42. The third-order valence-electron chi connectivity index (χ3n) is 5.49. The minimum absolute atomic E-state index is 0.0307. The van der Waals surface area contributed by atoms with Gasteiger partial charge in [-0.05, 0) is 64.8 Å². The highest BCUT2D eigenvalue weighted by molar-refractivity contribution is 5.93. The lowest BCUT2D eigenvalue weighted by molar-refractivity contribution is -0.159. The van der Waals surface area contributed by atoms with E-state index in [1.165, 1.54) is 35.2 Å². The molecule has 2 aromatic carbocycles. The summed E-state index contributed by atoms with van der Waals surface area (Å²) in [6.45, 7) is 13.5. The summed E-state index contributed by atoms with van der Waals surface area (Å²) < 4.78 is 10.8. The van der Waals surface area contributed by atoms with Crippen LogP contribution in [0.1, 0.15) is 58.7 Å². The Bertz CT molecular complexity index is 1200. The fourth-order valence-electron chi connectivity index (χ4n) is 3.85. The smallest absolute Gasteiger partial charge is 0.408 e. The molecule has 2 rings (SSSR count). The molecule has 10 heteroatoms. The van der Waals surface area contributed by atoms with E-state index in [1.54, 1.807) is 41.5 Å². The number of phenols is 1. The molecule has 222 valence electrons. The number of hydrogen-bond donors (Lipinski definition) is 3. The number of carbonyl (C=O) groups is 4. The molecule has 3 N–H and O–H groups in total. The molecular formula is C31H41N3O7. The summed E-state index contributed by atoms with van der Waals surface area (Å²) in [6.07, 6.45) is 0.809. The van der Waals surface area contributed by atoms with Gasteiger partial charge in [0.1, 0.15) is 35.6 Å². The van der Waals surface area contributed by atoms with E-state index in [4.69, 9.17) is 9.47 Å². The molecule has 0 saturated carbocycles. The zero-order valence-corrected chi connectivity index (χ0v) is 24.6. The molecule has 0 aliphatic carbocycles. The van der Waals surface area contributed by atoms with Crippen molar-refractivity contribution in [1.29, 1.82) is 0 Å². The second-order valence-electron chi connectivity index (χ2n) is 11.5. The van der Waals surface area contributed by atoms with Crippen LogP contribution in [0.3, 0.4) is 0 Å². The highest BCUT2D eigenvalue weighted by Crippen LogP contribution is 2.24. The van der Waals surface area contributed by atoms with Gasteiger partial charge in [-0.2, -0.15) is 0 Å². The van der Waals surface area contributed by atoms with E-state index < -0.39 is 53.7 Å². The molecule has 0 aliphatic heterocycles. The molecule has 10 nitrogen and oxygen atoms in total. The molecule has 2 atom stereocenters. The zero-order chi connectivity index (χ0) is 30.8. The second kappa shape index (κ2) is 14.3. The summed E-state index contributed by atoms with van der Waals surface area (Å²) in [7, 11) is 0. The molecule has 0 heterocycles. The maximum absolute atomic E-state index is 13.9. The van der Waals surface area contributed by atoms with Crippen molar-refractivity contribution < 1.29 is 33.8 Å². The Hall–Kier alpha value is -4.34. The van der Waals surface area contributed by atoms with Crippen LogP contribution in [-0.2, 0) is 30.3 Å². The molecule has 2 aromatic rings. The summed E-state index contributed by atoms with van der Waals surface area (Å²) in [5.41, 5.74) is -0.399. The van der Waals surface area contributed by atoms with E-state index in [1.807, 2.05) is 30.3 Å². The van der Waals surface area contributed by atoms with Crippen LogP contribution in [0.25, 0.3) is 0 Å². The number of nitrogens with zero attached hydrogens (tertiary/aromatic N) is 1. The molecule has 0 bridgehead atoms. The summed E-state index contributed by atoms with van der Waals surface area (Å²) >= 11 is 0. The van der Waals surface area contributed by atoms with Gasteiger partial charge in [-0.1, -0.05) is 48.5 Å². The third-order valence-corrected chi connectivity index (χ3v) is 5.49. The van der Waals surface area contributed by atoms with Crippen LogP contribution in [-0.4, -0.2) is 64.2 Å². The van der Waals surface area contributed by atoms with Crippen molar-refractivity contribution in [3.63, 3.8) is 0 Å². The van der Waals surface area contributed by atoms with Crippen LogP contribution < -0.4 is 10.6 Å². The Morgan fingerprint density at radius 1 is 0.927 bits per heavy atom. The number of amides is 3. The normalized spacial score (nSPS) is 12.8. The lowest BCUT2D eigenvalue weighted by atomic mass is 10.0. The standard InChI is InChI=1S/C31H41N3O7/c1-8-18-34(25(36)20-32-29(39)41-31(5,6)7)26(22-14-16-23(35)17-15-22)27(37)33-24(28(38)40-30(2,3)4)19-21-12-10-9-11-13-21/h8-17,24,26,35H,1,18-20H2,2-7H3,(H,32,39)(H,33,37). The topological polar surface area (TPSA) is 134 Å². The number of alkyl carbamates (subject to hydrolysis) is 1. The quantitative estimate of drug-likeness (QED) is 0.276. The Morgan fingerprint density at radius 3 is 2.05 bits per heavy atom. The molecule has 0 aromatic heterocycles. The maximum atomic E-state index is 13.9. The predicted molar refractivity (Wildman–Crippen MR) is 155 cm³/mol. The minimum Gasteiger partial charge on any atom is -0.508 e. The van der Waals surface area contributed by atoms with Gasteiger partial charge in [0.15, 0.2) is 0 Å². The molecule has 41 heavy (non-hydrogen) atoms. The summed E-state index contributed by atoms with van der Waals surface area (Å²) in [6, 6.07) is 12.6. The van der Waals surface area contributed by atoms with Gasteiger partial charge in [0, 0.05) is 13.0 Å². The van der Waals surface area contributed by atoms with E-state index in [0.717, 1.165) is 5.56 Å². The number of ether oxygens (including phenoxy) is 2. The van der Waals surface area contributed by atoms with Crippen LogP contribution in [0.4, 0.5) is 4.79 Å². The third kappa shape index (κ3) is 11.4. The molecule has 0 radical (unpaired) electrons. The van der Waals surface area contributed by atoms with E-state index in [-0.39, 0.29) is 18.7 Å². The number of carbonyl (C=O) groups excluding carboxylic acids is 4. The number of benzene rings is 2. The van der Waals surface area contributed by atoms with Gasteiger partial charge in [-0.3, -0.25) is 9.59 Å². The SMILES string of the molecule is C=CCN(C(=O)CNC(=O)OC(C)(C)C)C(C(=O)NC(Cc1ccccc1)C(=O)OC(C)(C)C)c1ccc(O)cc1. The van der Waals surface area contributed by atoms with E-state index in [0.29, 0.717) is 5.56 Å². The minimum atomic E-state index is -1.23. The highest BCUT2D eigenvalue weighted by atomic mass is 16.6. The van der Waals surface area contributed by atoms with Crippen molar-refractivity contribution in [2.45, 2.75) is 71.2 Å². The maximum Gasteiger partial charge on any atom is 0.408 e. The van der Waals surface area contributed by atoms with Gasteiger partial charge in [0.25, 0.3) is 0 Å². The average molecular weight is 568 g/mol. The largest absolute Gasteiger partial charge is 0.508 e. The summed E-state index contributed by atoms with van der Waals surface area (Å²) in [5, 5.41) is 15.0. The monoisotopic (exact) mass is 567 g/mol. The van der Waals surface area contributed by atoms with Crippen LogP contribution in [0.5, 0.6) is 5.75 Å². The summed E-state index contributed by atoms with van der Waals surface area (Å²) in [4.78, 5) is 53.9. The van der Waals surface area contributed by atoms with Crippen molar-refractivity contribution in [2.75, 3.05) is 13.1 Å². The number of hydrogen-bond acceptors (Lipinski definition) is 7. The van der Waals surface area contributed by atoms with Crippen molar-refractivity contribution in [3.05, 3.63) is 78.4 Å². The number of aromatic hydroxyl groups is 1. The van der Waals surface area contributed by atoms with Gasteiger partial charge in [-0.25, -0.2) is 9.59 Å². The van der Waals surface area contributed by atoms with Crippen LogP contribution in [0.2, 0.25) is 0 Å². The van der Waals surface area contributed by atoms with E-state index >= 15 is 0 Å². The lowest BCUT2D eigenvalue weighted by Gasteiger charge is -2.32. The van der Waals surface area contributed by atoms with Crippen molar-refractivity contribution in [1.82, 2.24) is 15.5 Å². The predicted octanol–water partition coefficient (Wildman–Crippen LogP) is 4.04. The van der Waals surface area contributed by atoms with Gasteiger partial charge in [0.2, 0.25) is 11.8 Å². The molecular weight excluding hydrogens is 526 g/mol. The first-order valence-electron chi connectivity index (χ1n) is 13.3. The van der Waals surface area contributed by atoms with Crippen LogP contribution >= 0.6 is 0 Å². The van der Waals surface area contributed by atoms with Gasteiger partial charge in [-0.15, -0.1) is 6.58 Å². The zero-order valence-electron chi connectivity index (χ0n) is 24.6. The Kier molecular flexibility index (Phi) is 11.5. The number of nitrogens with one attached hydrogen (secondary N) is 2. The Labute approximate surface area is 241 Å². The fourth-order valence-corrected chi connectivity index (χ4v) is 3.85. The average Bonchev–Trinajstić information content (AvgIpc) is 2.86. The highest BCUT2D eigenvalue weighted by Gasteiger charge is 2.35. The first-order chi connectivity index (χ1) is 19.1. The fraction of sp³-hybridized carbons (Fsp3) is 0.419. The van der Waals surface area contributed by atoms with Gasteiger partial charge < -0.3 is 30.1 Å². The first-order valence-corrected chi connectivity index (χ1v) is 13.3. The van der Waals surface area contributed by atoms with Crippen LogP contribution in [0, 0.1) is 0 Å². The molecule has 3 amide bonds. The number of rotatable bonds is 11. The van der Waals surface area contributed by atoms with E-state index in [2.05, 4.69) is 17.2 Å². The second-order valence-corrected chi connectivity index (χ2v) is 11.5. The van der Waals surface area contributed by atoms with Gasteiger partial charge in [0.05, 0.1) is 0 Å². The summed E-state index contributed by atoms with van der Waals surface area (Å²) in [5.74, 6) is -1.92. The first kappa shape index (κ1) is 32.9. The lowest BCUT2D eigenvalue weighted by Crippen LogP contribution is -2.52.